The number of aliphatic hydroxyl groups is 13. The fourth-order valence-corrected chi connectivity index (χ4v) is 8.37. The van der Waals surface area contributed by atoms with E-state index in [2.05, 4.69) is 16.0 Å². The lowest BCUT2D eigenvalue weighted by Gasteiger charge is -2.49. The maximum atomic E-state index is 12.4. The van der Waals surface area contributed by atoms with Gasteiger partial charge in [0.25, 0.3) is 0 Å². The largest absolute Gasteiger partial charge is 0.394 e. The molecule has 0 spiro atoms. The molecule has 5 heterocycles. The van der Waals surface area contributed by atoms with Crippen molar-refractivity contribution < 1.29 is 123 Å². The Labute approximate surface area is 370 Å². The number of carbonyl (C=O) groups excluding carboxylic acids is 3. The first-order valence-electron chi connectivity index (χ1n) is 20.9. The standard InChI is InChI=1S/C37H63N3O25/c1-10-19(38-11(2)45)26(52)31(16(7-43)58-10)63-35-21(40-13(4)47)27(53)32(17(8-44)61-35)64-36-30(56)28(54)24(50)18(62-36)9-57-37-33(29(55)23(49)15(6-42)60-37)65-34-20(39-12(3)46)25(51)22(48)14(5-41)59-34/h10,14-37,41-44,48-56H,5-9H2,1-4H3,(H,38,45)(H,39,46)(H,40,47)/t10-,14?,15?,16?,17?,18?,19?,20?,21?,22+,23+,24+,25?,26?,27?,28?,29?,30?,31+,32+,33?,34-,35-,36-,37-/m0/s1. The Hall–Kier alpha value is -2.47. The van der Waals surface area contributed by atoms with Crippen LogP contribution in [0.5, 0.6) is 0 Å². The smallest absolute Gasteiger partial charge is 0.217 e. The van der Waals surface area contributed by atoms with Crippen LogP contribution >= 0.6 is 0 Å². The van der Waals surface area contributed by atoms with Crippen molar-refractivity contribution in [1.29, 1.82) is 0 Å². The van der Waals surface area contributed by atoms with Crippen LogP contribution in [0.3, 0.4) is 0 Å². The molecule has 28 heteroatoms. The van der Waals surface area contributed by atoms with Gasteiger partial charge >= 0.3 is 0 Å². The zero-order valence-corrected chi connectivity index (χ0v) is 35.7. The Morgan fingerprint density at radius 3 is 1.32 bits per heavy atom. The van der Waals surface area contributed by atoms with E-state index >= 15 is 0 Å². The van der Waals surface area contributed by atoms with E-state index in [1.165, 1.54) is 13.8 Å². The zero-order valence-electron chi connectivity index (χ0n) is 35.7. The third kappa shape index (κ3) is 12.0. The first-order valence-corrected chi connectivity index (χ1v) is 20.9. The Morgan fingerprint density at radius 2 is 0.800 bits per heavy atom. The van der Waals surface area contributed by atoms with E-state index in [1.54, 1.807) is 0 Å². The minimum Gasteiger partial charge on any atom is -0.394 e. The van der Waals surface area contributed by atoms with Crippen LogP contribution in [0.4, 0.5) is 0 Å². The predicted octanol–water partition coefficient (Wildman–Crippen LogP) is -10.4. The van der Waals surface area contributed by atoms with Crippen molar-refractivity contribution in [2.24, 2.45) is 0 Å². The van der Waals surface area contributed by atoms with E-state index in [-0.39, 0.29) is 0 Å². The average molecular weight is 950 g/mol. The van der Waals surface area contributed by atoms with Crippen molar-refractivity contribution >= 4 is 17.7 Å². The molecular weight excluding hydrogens is 886 g/mol. The summed E-state index contributed by atoms with van der Waals surface area (Å²) in [7, 11) is 0. The van der Waals surface area contributed by atoms with Gasteiger partial charge in [-0.05, 0) is 6.92 Å². The van der Waals surface area contributed by atoms with Crippen LogP contribution < -0.4 is 16.0 Å². The average Bonchev–Trinajstić information content (AvgIpc) is 3.26. The van der Waals surface area contributed by atoms with Crippen LogP contribution in [0.2, 0.25) is 0 Å². The first-order chi connectivity index (χ1) is 30.7. The third-order valence-electron chi connectivity index (χ3n) is 11.8. The second-order valence-corrected chi connectivity index (χ2v) is 16.5. The Balaban J connectivity index is 1.34. The second kappa shape index (κ2) is 23.2. The summed E-state index contributed by atoms with van der Waals surface area (Å²) >= 11 is 0. The monoisotopic (exact) mass is 949 g/mol. The van der Waals surface area contributed by atoms with Crippen LogP contribution in [-0.4, -0.2) is 270 Å². The fraction of sp³-hybridized carbons (Fsp3) is 0.919. The Bertz CT molecular complexity index is 1560. The summed E-state index contributed by atoms with van der Waals surface area (Å²) in [5.41, 5.74) is 0. The van der Waals surface area contributed by atoms with Gasteiger partial charge in [-0.15, -0.1) is 0 Å². The molecule has 376 valence electrons. The maximum absolute atomic E-state index is 12.4. The minimum atomic E-state index is -2.08. The Kier molecular flexibility index (Phi) is 19.1. The number of carbonyl (C=O) groups is 3. The highest BCUT2D eigenvalue weighted by atomic mass is 16.8. The molecule has 16 N–H and O–H groups in total. The molecule has 3 amide bonds. The van der Waals surface area contributed by atoms with Crippen molar-refractivity contribution in [3.8, 4) is 0 Å². The SMILES string of the molecule is CC(=O)NC1C(O)[C@H](O)C(CO)O[C@H]1OC1C(O)[C@H](O)C(CO)O[C@@H]1OCC1O[C@@H](O[C@@H]2C(CO)O[C@@H](O[C@@H]3C(CO)O[C@@H](C)C(NC(C)=O)C3O)C(NC(C)=O)C2O)C(O)C(O)[C@@H]1O. The molecule has 0 aromatic rings. The van der Waals surface area contributed by atoms with Gasteiger partial charge in [0.1, 0.15) is 116 Å². The first kappa shape index (κ1) is 53.5. The number of hydrogen-bond acceptors (Lipinski definition) is 25. The molecule has 15 unspecified atom stereocenters. The highest BCUT2D eigenvalue weighted by Gasteiger charge is 2.56. The van der Waals surface area contributed by atoms with Gasteiger partial charge in [-0.1, -0.05) is 0 Å². The van der Waals surface area contributed by atoms with E-state index in [4.69, 9.17) is 42.6 Å². The molecule has 65 heavy (non-hydrogen) atoms. The van der Waals surface area contributed by atoms with E-state index in [9.17, 15) is 80.8 Å². The van der Waals surface area contributed by atoms with Crippen LogP contribution in [0.1, 0.15) is 27.7 Å². The number of amides is 3. The maximum Gasteiger partial charge on any atom is 0.217 e. The molecule has 5 aliphatic rings. The molecule has 0 saturated carbocycles. The highest BCUT2D eigenvalue weighted by Crippen LogP contribution is 2.34. The number of rotatable bonds is 16. The molecule has 25 atom stereocenters. The lowest BCUT2D eigenvalue weighted by Crippen LogP contribution is -2.70. The summed E-state index contributed by atoms with van der Waals surface area (Å²) in [6, 6.07) is -4.17. The van der Waals surface area contributed by atoms with Gasteiger partial charge in [0.15, 0.2) is 25.2 Å². The van der Waals surface area contributed by atoms with Crippen LogP contribution in [0.25, 0.3) is 0 Å². The van der Waals surface area contributed by atoms with Crippen molar-refractivity contribution in [1.82, 2.24) is 16.0 Å². The molecule has 0 aromatic carbocycles. The third-order valence-corrected chi connectivity index (χ3v) is 11.8. The van der Waals surface area contributed by atoms with E-state index in [0.717, 1.165) is 13.8 Å². The van der Waals surface area contributed by atoms with E-state index in [1.807, 2.05) is 0 Å². The zero-order chi connectivity index (χ0) is 48.2. The molecule has 5 fully saturated rings. The molecule has 5 aliphatic heterocycles. The molecule has 0 aliphatic carbocycles. The number of ether oxygens (including phenoxy) is 9. The summed E-state index contributed by atoms with van der Waals surface area (Å²) in [5, 5.41) is 146. The van der Waals surface area contributed by atoms with E-state index in [0.29, 0.717) is 0 Å². The fourth-order valence-electron chi connectivity index (χ4n) is 8.37. The quantitative estimate of drug-likeness (QED) is 0.0683. The number of nitrogens with one attached hydrogen (secondary N) is 3. The topological polar surface area (TPSA) is 433 Å². The van der Waals surface area contributed by atoms with Crippen LogP contribution in [-0.2, 0) is 57.0 Å². The molecular formula is C37H63N3O25. The van der Waals surface area contributed by atoms with Crippen molar-refractivity contribution in [2.45, 2.75) is 181 Å². The molecule has 0 aromatic heterocycles. The normalized spacial score (nSPS) is 47.1. The summed E-state index contributed by atoms with van der Waals surface area (Å²) in [6.07, 6.45) is -37.5. The molecule has 5 rings (SSSR count). The summed E-state index contributed by atoms with van der Waals surface area (Å²) in [4.78, 5) is 36.3. The van der Waals surface area contributed by atoms with Gasteiger partial charge in [0, 0.05) is 20.8 Å². The van der Waals surface area contributed by atoms with Gasteiger partial charge in [-0.25, -0.2) is 0 Å². The number of aliphatic hydroxyl groups excluding tert-OH is 13. The molecule has 28 nitrogen and oxygen atoms in total. The van der Waals surface area contributed by atoms with Gasteiger partial charge < -0.3 is 125 Å². The van der Waals surface area contributed by atoms with Crippen molar-refractivity contribution in [3.05, 3.63) is 0 Å². The summed E-state index contributed by atoms with van der Waals surface area (Å²) in [6.45, 7) is 0.717. The van der Waals surface area contributed by atoms with Gasteiger partial charge in [0.05, 0.1) is 45.2 Å². The lowest BCUT2D eigenvalue weighted by molar-refractivity contribution is -0.372. The van der Waals surface area contributed by atoms with Crippen LogP contribution in [0.15, 0.2) is 0 Å². The van der Waals surface area contributed by atoms with Crippen molar-refractivity contribution in [2.75, 3.05) is 33.0 Å². The molecule has 0 bridgehead atoms. The van der Waals surface area contributed by atoms with Crippen LogP contribution in [0, 0.1) is 0 Å². The van der Waals surface area contributed by atoms with Gasteiger partial charge in [-0.3, -0.25) is 14.4 Å². The molecule has 0 radical (unpaired) electrons. The second-order valence-electron chi connectivity index (χ2n) is 16.5. The van der Waals surface area contributed by atoms with Crippen molar-refractivity contribution in [3.63, 3.8) is 0 Å². The minimum absolute atomic E-state index is 0.524. The Morgan fingerprint density at radius 1 is 0.415 bits per heavy atom. The summed E-state index contributed by atoms with van der Waals surface area (Å²) < 4.78 is 52.2. The number of hydrogen-bond donors (Lipinski definition) is 16. The molecule has 5 saturated heterocycles. The van der Waals surface area contributed by atoms with Gasteiger partial charge in [0.2, 0.25) is 17.7 Å². The van der Waals surface area contributed by atoms with Gasteiger partial charge in [-0.2, -0.15) is 0 Å². The van der Waals surface area contributed by atoms with E-state index < -0.39 is 204 Å². The lowest BCUT2D eigenvalue weighted by atomic mass is 9.92. The highest BCUT2D eigenvalue weighted by molar-refractivity contribution is 5.74. The summed E-state index contributed by atoms with van der Waals surface area (Å²) in [5.74, 6) is -1.98. The predicted molar refractivity (Wildman–Crippen MR) is 205 cm³/mol.